The third-order valence-corrected chi connectivity index (χ3v) is 8.36. The topological polar surface area (TPSA) is 51.6 Å². The standard InChI is InChI=1S/C20H10N4S4/c1-3-11(19-17(5-1)27-23-21-19)13-7-9-15(25-13)16-10-8-14(26-16)12-4-2-6-18-20(12)22-24-28-18/h1-10H. The van der Waals surface area contributed by atoms with Crippen molar-refractivity contribution in [2.75, 3.05) is 0 Å². The fourth-order valence-electron chi connectivity index (χ4n) is 3.24. The first-order valence-electron chi connectivity index (χ1n) is 8.50. The Morgan fingerprint density at radius 1 is 0.500 bits per heavy atom. The average molecular weight is 435 g/mol. The second-order valence-corrected chi connectivity index (χ2v) is 9.92. The number of thiophene rings is 2. The Labute approximate surface area is 176 Å². The van der Waals surface area contributed by atoms with Crippen LogP contribution in [0, 0.1) is 0 Å². The first-order chi connectivity index (χ1) is 13.9. The summed E-state index contributed by atoms with van der Waals surface area (Å²) in [5.41, 5.74) is 4.26. The van der Waals surface area contributed by atoms with Gasteiger partial charge in [-0.2, -0.15) is 0 Å². The third-order valence-electron chi connectivity index (χ3n) is 4.54. The highest BCUT2D eigenvalue weighted by Gasteiger charge is 2.14. The number of aromatic nitrogens is 4. The van der Waals surface area contributed by atoms with E-state index in [1.54, 1.807) is 22.7 Å². The summed E-state index contributed by atoms with van der Waals surface area (Å²) in [6, 6.07) is 21.3. The fraction of sp³-hybridized carbons (Fsp3) is 0. The second kappa shape index (κ2) is 6.52. The molecule has 0 radical (unpaired) electrons. The molecule has 0 unspecified atom stereocenters. The molecule has 8 heteroatoms. The van der Waals surface area contributed by atoms with Gasteiger partial charge in [-0.1, -0.05) is 33.2 Å². The number of hydrogen-bond donors (Lipinski definition) is 0. The lowest BCUT2D eigenvalue weighted by Gasteiger charge is -1.98. The van der Waals surface area contributed by atoms with Crippen LogP contribution in [0.5, 0.6) is 0 Å². The van der Waals surface area contributed by atoms with Crippen molar-refractivity contribution in [3.05, 3.63) is 60.7 Å². The van der Waals surface area contributed by atoms with Crippen molar-refractivity contribution in [2.24, 2.45) is 0 Å². The molecule has 0 bridgehead atoms. The van der Waals surface area contributed by atoms with E-state index in [1.807, 2.05) is 0 Å². The Bertz CT molecular complexity index is 1330. The summed E-state index contributed by atoms with van der Waals surface area (Å²) in [5, 5.41) is 8.62. The van der Waals surface area contributed by atoms with Gasteiger partial charge in [-0.15, -0.1) is 32.9 Å². The zero-order chi connectivity index (χ0) is 18.5. The average Bonchev–Trinajstić information content (AvgIpc) is 3.53. The van der Waals surface area contributed by atoms with Crippen LogP contribution in [0.2, 0.25) is 0 Å². The summed E-state index contributed by atoms with van der Waals surface area (Å²) in [5.74, 6) is 0. The van der Waals surface area contributed by atoms with E-state index in [-0.39, 0.29) is 0 Å². The summed E-state index contributed by atoms with van der Waals surface area (Å²) >= 11 is 6.46. The Balaban J connectivity index is 1.41. The molecule has 0 aliphatic heterocycles. The molecule has 0 N–H and O–H groups in total. The molecule has 4 heterocycles. The quantitative estimate of drug-likeness (QED) is 0.307. The van der Waals surface area contributed by atoms with Gasteiger partial charge < -0.3 is 0 Å². The highest BCUT2D eigenvalue weighted by Crippen LogP contribution is 2.42. The van der Waals surface area contributed by atoms with E-state index in [9.17, 15) is 0 Å². The minimum atomic E-state index is 0.982. The van der Waals surface area contributed by atoms with Crippen molar-refractivity contribution in [1.29, 1.82) is 0 Å². The maximum atomic E-state index is 4.31. The molecule has 0 saturated heterocycles. The first kappa shape index (κ1) is 16.4. The monoisotopic (exact) mass is 434 g/mol. The van der Waals surface area contributed by atoms with Gasteiger partial charge >= 0.3 is 0 Å². The van der Waals surface area contributed by atoms with Gasteiger partial charge in [0.15, 0.2) is 0 Å². The van der Waals surface area contributed by atoms with Crippen LogP contribution in [-0.2, 0) is 0 Å². The molecule has 134 valence electrons. The summed E-state index contributed by atoms with van der Waals surface area (Å²) in [6.45, 7) is 0. The van der Waals surface area contributed by atoms with Crippen LogP contribution in [0.1, 0.15) is 0 Å². The zero-order valence-corrected chi connectivity index (χ0v) is 17.5. The zero-order valence-electron chi connectivity index (χ0n) is 14.2. The van der Waals surface area contributed by atoms with E-state index in [0.717, 1.165) is 31.6 Å². The van der Waals surface area contributed by atoms with E-state index in [0.29, 0.717) is 0 Å². The molecule has 0 saturated carbocycles. The molecule has 0 aliphatic carbocycles. The molecule has 6 rings (SSSR count). The molecular weight excluding hydrogens is 425 g/mol. The number of hydrogen-bond acceptors (Lipinski definition) is 8. The largest absolute Gasteiger partial charge is 0.137 e. The van der Waals surface area contributed by atoms with Crippen LogP contribution in [0.25, 0.3) is 51.1 Å². The molecule has 0 spiro atoms. The Kier molecular flexibility index (Phi) is 3.83. The van der Waals surface area contributed by atoms with Crippen LogP contribution in [0.4, 0.5) is 0 Å². The van der Waals surface area contributed by atoms with E-state index in [2.05, 4.69) is 79.8 Å². The number of rotatable bonds is 3. The highest BCUT2D eigenvalue weighted by molar-refractivity contribution is 7.25. The minimum Gasteiger partial charge on any atom is -0.137 e. The molecular formula is C20H10N4S4. The van der Waals surface area contributed by atoms with Crippen molar-refractivity contribution in [2.45, 2.75) is 0 Å². The highest BCUT2D eigenvalue weighted by atomic mass is 32.1. The molecule has 4 nitrogen and oxygen atoms in total. The number of nitrogens with zero attached hydrogens (tertiary/aromatic N) is 4. The van der Waals surface area contributed by atoms with Crippen LogP contribution in [-0.4, -0.2) is 19.2 Å². The second-order valence-electron chi connectivity index (χ2n) is 6.18. The maximum Gasteiger partial charge on any atom is 0.114 e. The summed E-state index contributed by atoms with van der Waals surface area (Å²) in [6.07, 6.45) is 0. The molecule has 4 aromatic heterocycles. The normalized spacial score (nSPS) is 11.6. The lowest BCUT2D eigenvalue weighted by molar-refractivity contribution is 1.20. The van der Waals surface area contributed by atoms with Crippen LogP contribution in [0.3, 0.4) is 0 Å². The van der Waals surface area contributed by atoms with Crippen LogP contribution < -0.4 is 0 Å². The molecule has 0 fully saturated rings. The predicted molar refractivity (Wildman–Crippen MR) is 120 cm³/mol. The third kappa shape index (κ3) is 2.61. The van der Waals surface area contributed by atoms with Gasteiger partial charge in [0.2, 0.25) is 0 Å². The van der Waals surface area contributed by atoms with E-state index in [4.69, 9.17) is 0 Å². The van der Waals surface area contributed by atoms with Gasteiger partial charge in [-0.25, -0.2) is 0 Å². The predicted octanol–water partition coefficient (Wildman–Crippen LogP) is 6.82. The molecule has 6 aromatic rings. The number of benzene rings is 2. The first-order valence-corrected chi connectivity index (χ1v) is 11.7. The van der Waals surface area contributed by atoms with Gasteiger partial charge in [0.1, 0.15) is 11.0 Å². The van der Waals surface area contributed by atoms with Crippen LogP contribution >= 0.6 is 45.7 Å². The van der Waals surface area contributed by atoms with Crippen molar-refractivity contribution < 1.29 is 0 Å². The van der Waals surface area contributed by atoms with Gasteiger partial charge in [-0.05, 0) is 59.5 Å². The molecule has 0 atom stereocenters. The molecule has 0 amide bonds. The fourth-order valence-corrected chi connectivity index (χ4v) is 6.57. The van der Waals surface area contributed by atoms with Gasteiger partial charge in [0.25, 0.3) is 0 Å². The summed E-state index contributed by atoms with van der Waals surface area (Å²) in [4.78, 5) is 4.95. The van der Waals surface area contributed by atoms with E-state index in [1.165, 1.54) is 42.6 Å². The van der Waals surface area contributed by atoms with Gasteiger partial charge in [0, 0.05) is 30.6 Å². The SMILES string of the molecule is c1cc(-c2ccc(-c3ccc(-c4cccc5snnc45)s3)s2)c2nnsc2c1. The molecule has 0 aliphatic rings. The summed E-state index contributed by atoms with van der Waals surface area (Å²) in [7, 11) is 0. The van der Waals surface area contributed by atoms with E-state index >= 15 is 0 Å². The molecule has 28 heavy (non-hydrogen) atoms. The van der Waals surface area contributed by atoms with Crippen molar-refractivity contribution in [1.82, 2.24) is 19.2 Å². The van der Waals surface area contributed by atoms with Gasteiger partial charge in [0.05, 0.1) is 9.40 Å². The van der Waals surface area contributed by atoms with Crippen molar-refractivity contribution in [3.8, 4) is 30.6 Å². The smallest absolute Gasteiger partial charge is 0.114 e. The van der Waals surface area contributed by atoms with Crippen molar-refractivity contribution >= 4 is 66.2 Å². The van der Waals surface area contributed by atoms with E-state index < -0.39 is 0 Å². The van der Waals surface area contributed by atoms with Crippen molar-refractivity contribution in [3.63, 3.8) is 0 Å². The molecule has 2 aromatic carbocycles. The minimum absolute atomic E-state index is 0.982. The lowest BCUT2D eigenvalue weighted by Crippen LogP contribution is -1.75. The summed E-state index contributed by atoms with van der Waals surface area (Å²) < 4.78 is 10.4. The lowest BCUT2D eigenvalue weighted by atomic mass is 10.1. The van der Waals surface area contributed by atoms with Gasteiger partial charge in [-0.3, -0.25) is 0 Å². The Morgan fingerprint density at radius 2 is 0.964 bits per heavy atom. The Morgan fingerprint density at radius 3 is 1.46 bits per heavy atom. The maximum absolute atomic E-state index is 4.31. The number of fused-ring (bicyclic) bond motifs is 2. The Hall–Kier alpha value is -2.52. The van der Waals surface area contributed by atoms with Crippen LogP contribution in [0.15, 0.2) is 60.7 Å².